The molecule has 1 aliphatic rings. The standard InChI is InChI=1S/C20H16N2O3S2/c23-18-8-9-26-17-7-6-14(10-16(17)22-18)20(24)25-11-15-12-27-19(21-15)13-4-2-1-3-5-13/h1-7,10,12H,8-9,11H2,(H,22,23). The molecule has 3 aromatic rings. The van der Waals surface area contributed by atoms with Gasteiger partial charge in [-0.2, -0.15) is 0 Å². The van der Waals surface area contributed by atoms with E-state index in [-0.39, 0.29) is 12.5 Å². The zero-order valence-corrected chi connectivity index (χ0v) is 15.9. The van der Waals surface area contributed by atoms with Crippen molar-refractivity contribution in [1.29, 1.82) is 0 Å². The van der Waals surface area contributed by atoms with Crippen LogP contribution in [0.25, 0.3) is 10.6 Å². The van der Waals surface area contributed by atoms with Gasteiger partial charge in [-0.3, -0.25) is 4.79 Å². The molecule has 4 rings (SSSR count). The van der Waals surface area contributed by atoms with Gasteiger partial charge in [0.15, 0.2) is 0 Å². The highest BCUT2D eigenvalue weighted by molar-refractivity contribution is 7.99. The minimum Gasteiger partial charge on any atom is -0.456 e. The highest BCUT2D eigenvalue weighted by atomic mass is 32.2. The summed E-state index contributed by atoms with van der Waals surface area (Å²) in [5.74, 6) is 0.258. The summed E-state index contributed by atoms with van der Waals surface area (Å²) in [4.78, 5) is 29.6. The van der Waals surface area contributed by atoms with Gasteiger partial charge in [-0.25, -0.2) is 9.78 Å². The molecular weight excluding hydrogens is 380 g/mol. The fourth-order valence-electron chi connectivity index (χ4n) is 2.66. The predicted octanol–water partition coefficient (Wildman–Crippen LogP) is 4.60. The van der Waals surface area contributed by atoms with Gasteiger partial charge in [-0.15, -0.1) is 23.1 Å². The third-order valence-electron chi connectivity index (χ3n) is 4.00. The molecule has 1 amide bonds. The summed E-state index contributed by atoms with van der Waals surface area (Å²) < 4.78 is 5.40. The van der Waals surface area contributed by atoms with Gasteiger partial charge in [0.1, 0.15) is 11.6 Å². The van der Waals surface area contributed by atoms with Crippen molar-refractivity contribution < 1.29 is 14.3 Å². The second-order valence-electron chi connectivity index (χ2n) is 5.94. The SMILES string of the molecule is O=C1CCSc2ccc(C(=O)OCc3csc(-c4ccccc4)n3)cc2N1. The molecule has 2 heterocycles. The quantitative estimate of drug-likeness (QED) is 0.653. The molecule has 27 heavy (non-hydrogen) atoms. The lowest BCUT2D eigenvalue weighted by Gasteiger charge is -2.08. The molecule has 0 bridgehead atoms. The van der Waals surface area contributed by atoms with Crippen molar-refractivity contribution in [2.45, 2.75) is 17.9 Å². The molecule has 0 atom stereocenters. The monoisotopic (exact) mass is 396 g/mol. The average molecular weight is 396 g/mol. The van der Waals surface area contributed by atoms with Crippen LogP contribution in [0, 0.1) is 0 Å². The van der Waals surface area contributed by atoms with Crippen molar-refractivity contribution in [3.63, 3.8) is 0 Å². The zero-order valence-electron chi connectivity index (χ0n) is 14.3. The number of benzene rings is 2. The van der Waals surface area contributed by atoms with E-state index in [2.05, 4.69) is 10.3 Å². The number of aromatic nitrogens is 1. The van der Waals surface area contributed by atoms with E-state index in [9.17, 15) is 9.59 Å². The number of fused-ring (bicyclic) bond motifs is 1. The second-order valence-corrected chi connectivity index (χ2v) is 7.94. The van der Waals surface area contributed by atoms with Crippen LogP contribution in [0.1, 0.15) is 22.5 Å². The Hall–Kier alpha value is -2.64. The van der Waals surface area contributed by atoms with Crippen molar-refractivity contribution in [3.8, 4) is 10.6 Å². The molecule has 5 nitrogen and oxygen atoms in total. The van der Waals surface area contributed by atoms with E-state index >= 15 is 0 Å². The molecule has 136 valence electrons. The zero-order chi connectivity index (χ0) is 18.6. The first-order valence-electron chi connectivity index (χ1n) is 8.43. The second kappa shape index (κ2) is 7.94. The van der Waals surface area contributed by atoms with Crippen LogP contribution in [0.15, 0.2) is 58.8 Å². The van der Waals surface area contributed by atoms with Crippen molar-refractivity contribution >= 4 is 40.7 Å². The Bertz CT molecular complexity index is 986. The highest BCUT2D eigenvalue weighted by Gasteiger charge is 2.17. The maximum absolute atomic E-state index is 12.4. The van der Waals surface area contributed by atoms with Gasteiger partial charge in [0, 0.05) is 28.0 Å². The average Bonchev–Trinajstić information content (AvgIpc) is 3.08. The van der Waals surface area contributed by atoms with Gasteiger partial charge in [-0.05, 0) is 18.2 Å². The minimum atomic E-state index is -0.435. The van der Waals surface area contributed by atoms with Gasteiger partial charge in [-0.1, -0.05) is 30.3 Å². The third-order valence-corrected chi connectivity index (χ3v) is 6.02. The third kappa shape index (κ3) is 4.20. The van der Waals surface area contributed by atoms with Crippen LogP contribution in [0.3, 0.4) is 0 Å². The summed E-state index contributed by atoms with van der Waals surface area (Å²) in [7, 11) is 0. The van der Waals surface area contributed by atoms with Crippen molar-refractivity contribution in [3.05, 3.63) is 65.2 Å². The number of carbonyl (C=O) groups excluding carboxylic acids is 2. The Morgan fingerprint density at radius 3 is 2.89 bits per heavy atom. The fourth-order valence-corrected chi connectivity index (χ4v) is 4.40. The molecule has 0 saturated heterocycles. The number of nitrogens with one attached hydrogen (secondary N) is 1. The summed E-state index contributed by atoms with van der Waals surface area (Å²) in [6, 6.07) is 15.1. The van der Waals surface area contributed by atoms with Crippen molar-refractivity contribution in [2.75, 3.05) is 11.1 Å². The van der Waals surface area contributed by atoms with E-state index in [0.29, 0.717) is 23.4 Å². The summed E-state index contributed by atoms with van der Waals surface area (Å²) in [5, 5.41) is 5.62. The van der Waals surface area contributed by atoms with Crippen LogP contribution >= 0.6 is 23.1 Å². The predicted molar refractivity (Wildman–Crippen MR) is 107 cm³/mol. The Morgan fingerprint density at radius 2 is 2.04 bits per heavy atom. The van der Waals surface area contributed by atoms with E-state index in [1.165, 1.54) is 11.3 Å². The van der Waals surface area contributed by atoms with Crippen LogP contribution in [-0.4, -0.2) is 22.6 Å². The molecule has 0 fully saturated rings. The Labute approximate surface area is 164 Å². The highest BCUT2D eigenvalue weighted by Crippen LogP contribution is 2.31. The number of rotatable bonds is 4. The van der Waals surface area contributed by atoms with E-state index in [0.717, 1.165) is 21.2 Å². The lowest BCUT2D eigenvalue weighted by Crippen LogP contribution is -2.11. The first kappa shape index (κ1) is 17.8. The van der Waals surface area contributed by atoms with Crippen LogP contribution in [-0.2, 0) is 16.1 Å². The van der Waals surface area contributed by atoms with Gasteiger partial charge in [0.2, 0.25) is 5.91 Å². The molecule has 0 unspecified atom stereocenters. The van der Waals surface area contributed by atoms with E-state index < -0.39 is 5.97 Å². The topological polar surface area (TPSA) is 68.3 Å². The van der Waals surface area contributed by atoms with Crippen LogP contribution in [0.2, 0.25) is 0 Å². The van der Waals surface area contributed by atoms with Gasteiger partial charge in [0.25, 0.3) is 0 Å². The van der Waals surface area contributed by atoms with Crippen LogP contribution < -0.4 is 5.32 Å². The number of hydrogen-bond acceptors (Lipinski definition) is 6. The number of ether oxygens (including phenoxy) is 1. The number of nitrogens with zero attached hydrogens (tertiary/aromatic N) is 1. The molecule has 2 aromatic carbocycles. The van der Waals surface area contributed by atoms with E-state index in [1.54, 1.807) is 23.9 Å². The number of anilines is 1. The molecule has 0 radical (unpaired) electrons. The summed E-state index contributed by atoms with van der Waals surface area (Å²) in [5.41, 5.74) is 2.83. The van der Waals surface area contributed by atoms with E-state index in [4.69, 9.17) is 4.74 Å². The molecular formula is C20H16N2O3S2. The van der Waals surface area contributed by atoms with Crippen LogP contribution in [0.4, 0.5) is 5.69 Å². The first-order valence-corrected chi connectivity index (χ1v) is 10.3. The number of hydrogen-bond donors (Lipinski definition) is 1. The largest absolute Gasteiger partial charge is 0.456 e. The molecule has 7 heteroatoms. The normalized spacial score (nSPS) is 13.4. The number of esters is 1. The van der Waals surface area contributed by atoms with Gasteiger partial charge in [0.05, 0.1) is 16.9 Å². The molecule has 1 N–H and O–H groups in total. The van der Waals surface area contributed by atoms with E-state index in [1.807, 2.05) is 41.8 Å². The first-order chi connectivity index (χ1) is 13.2. The van der Waals surface area contributed by atoms with Crippen molar-refractivity contribution in [2.24, 2.45) is 0 Å². The molecule has 0 spiro atoms. The number of carbonyl (C=O) groups is 2. The maximum Gasteiger partial charge on any atom is 0.338 e. The summed E-state index contributed by atoms with van der Waals surface area (Å²) >= 11 is 3.12. The lowest BCUT2D eigenvalue weighted by molar-refractivity contribution is -0.115. The molecule has 0 saturated carbocycles. The minimum absolute atomic E-state index is 0.0392. The molecule has 1 aliphatic heterocycles. The lowest BCUT2D eigenvalue weighted by atomic mass is 10.2. The van der Waals surface area contributed by atoms with Crippen molar-refractivity contribution in [1.82, 2.24) is 4.98 Å². The smallest absolute Gasteiger partial charge is 0.338 e. The Morgan fingerprint density at radius 1 is 1.19 bits per heavy atom. The Kier molecular flexibility index (Phi) is 5.22. The van der Waals surface area contributed by atoms with Gasteiger partial charge < -0.3 is 10.1 Å². The number of thiazole rings is 1. The van der Waals surface area contributed by atoms with Gasteiger partial charge >= 0.3 is 5.97 Å². The molecule has 1 aromatic heterocycles. The molecule has 0 aliphatic carbocycles. The Balaban J connectivity index is 1.43. The summed E-state index contributed by atoms with van der Waals surface area (Å²) in [6.07, 6.45) is 0.465. The fraction of sp³-hybridized carbons (Fsp3) is 0.150. The van der Waals surface area contributed by atoms with Crippen LogP contribution in [0.5, 0.6) is 0 Å². The summed E-state index contributed by atoms with van der Waals surface area (Å²) in [6.45, 7) is 0.111. The maximum atomic E-state index is 12.4. The number of amides is 1. The number of thioether (sulfide) groups is 1.